The van der Waals surface area contributed by atoms with Gasteiger partial charge in [-0.25, -0.2) is 0 Å². The molecule has 0 atom stereocenters. The van der Waals surface area contributed by atoms with Gasteiger partial charge in [0.1, 0.15) is 0 Å². The van der Waals surface area contributed by atoms with Gasteiger partial charge in [-0.15, -0.1) is 11.3 Å². The molecule has 0 aliphatic rings. The summed E-state index contributed by atoms with van der Waals surface area (Å²) in [7, 11) is 3.22. The van der Waals surface area contributed by atoms with Gasteiger partial charge < -0.3 is 4.74 Å². The van der Waals surface area contributed by atoms with E-state index in [-0.39, 0.29) is 0 Å². The standard InChI is InChI=1S/C12H10F3OS/c1-16-6-5-8-7-17-10-4-2-3-9(11(8)10)12(13,14)15/h2-4,7H,1,5-6H2. The second kappa shape index (κ2) is 4.66. The van der Waals surface area contributed by atoms with Gasteiger partial charge in [0.25, 0.3) is 0 Å². The molecule has 0 saturated heterocycles. The maximum atomic E-state index is 12.9. The van der Waals surface area contributed by atoms with Crippen molar-refractivity contribution in [3.05, 3.63) is 41.8 Å². The Morgan fingerprint density at radius 1 is 1.29 bits per heavy atom. The van der Waals surface area contributed by atoms with E-state index >= 15 is 0 Å². The summed E-state index contributed by atoms with van der Waals surface area (Å²) >= 11 is 1.32. The van der Waals surface area contributed by atoms with Crippen LogP contribution < -0.4 is 0 Å². The molecular weight excluding hydrogens is 249 g/mol. The molecular formula is C12H10F3OS. The van der Waals surface area contributed by atoms with E-state index < -0.39 is 11.7 Å². The lowest BCUT2D eigenvalue weighted by Gasteiger charge is -2.09. The zero-order valence-corrected chi connectivity index (χ0v) is 9.70. The molecule has 5 heteroatoms. The van der Waals surface area contributed by atoms with Crippen LogP contribution in [0.1, 0.15) is 11.1 Å². The molecule has 0 saturated carbocycles. The first-order valence-corrected chi connectivity index (χ1v) is 5.85. The lowest BCUT2D eigenvalue weighted by molar-refractivity contribution is -0.136. The van der Waals surface area contributed by atoms with Crippen LogP contribution in [0.15, 0.2) is 23.6 Å². The highest BCUT2D eigenvalue weighted by Crippen LogP contribution is 2.38. The van der Waals surface area contributed by atoms with Crippen LogP contribution >= 0.6 is 11.3 Å². The Balaban J connectivity index is 2.56. The number of alkyl halides is 3. The second-order valence-electron chi connectivity index (χ2n) is 3.60. The highest BCUT2D eigenvalue weighted by molar-refractivity contribution is 7.17. The average Bonchev–Trinajstić information content (AvgIpc) is 2.68. The Kier molecular flexibility index (Phi) is 3.40. The van der Waals surface area contributed by atoms with Crippen LogP contribution in [-0.4, -0.2) is 6.61 Å². The normalized spacial score (nSPS) is 12.2. The molecule has 1 aromatic carbocycles. The van der Waals surface area contributed by atoms with Gasteiger partial charge in [0, 0.05) is 10.1 Å². The number of halogens is 3. The first-order chi connectivity index (χ1) is 8.04. The summed E-state index contributed by atoms with van der Waals surface area (Å²) in [4.78, 5) is 0. The van der Waals surface area contributed by atoms with E-state index in [9.17, 15) is 13.2 Å². The van der Waals surface area contributed by atoms with Gasteiger partial charge in [0.15, 0.2) is 0 Å². The maximum Gasteiger partial charge on any atom is 0.417 e. The summed E-state index contributed by atoms with van der Waals surface area (Å²) in [5, 5.41) is 2.04. The maximum absolute atomic E-state index is 12.9. The third kappa shape index (κ3) is 2.45. The van der Waals surface area contributed by atoms with E-state index in [4.69, 9.17) is 0 Å². The molecule has 0 unspecified atom stereocenters. The molecule has 0 aliphatic carbocycles. The zero-order valence-electron chi connectivity index (χ0n) is 8.88. The van der Waals surface area contributed by atoms with Crippen molar-refractivity contribution in [3.8, 4) is 0 Å². The van der Waals surface area contributed by atoms with Crippen LogP contribution in [-0.2, 0) is 17.3 Å². The molecule has 2 rings (SSSR count). The number of benzene rings is 1. The minimum atomic E-state index is -4.32. The Hall–Kier alpha value is -1.07. The third-order valence-electron chi connectivity index (χ3n) is 2.50. The van der Waals surface area contributed by atoms with Crippen LogP contribution in [0.4, 0.5) is 13.2 Å². The third-order valence-corrected chi connectivity index (χ3v) is 3.49. The van der Waals surface area contributed by atoms with E-state index in [1.807, 2.05) is 0 Å². The first kappa shape index (κ1) is 12.4. The number of fused-ring (bicyclic) bond motifs is 1. The lowest BCUT2D eigenvalue weighted by atomic mass is 10.0. The number of hydrogen-bond acceptors (Lipinski definition) is 2. The quantitative estimate of drug-likeness (QED) is 0.799. The average molecular weight is 259 g/mol. The van der Waals surface area contributed by atoms with E-state index in [1.54, 1.807) is 11.4 Å². The van der Waals surface area contributed by atoms with Gasteiger partial charge in [-0.2, -0.15) is 13.2 Å². The van der Waals surface area contributed by atoms with Gasteiger partial charge in [-0.05, 0) is 29.5 Å². The van der Waals surface area contributed by atoms with Gasteiger partial charge in [-0.1, -0.05) is 6.07 Å². The van der Waals surface area contributed by atoms with Gasteiger partial charge in [0.05, 0.1) is 19.3 Å². The summed E-state index contributed by atoms with van der Waals surface area (Å²) in [6.45, 7) is 0.317. The minimum absolute atomic E-state index is 0.294. The Morgan fingerprint density at radius 2 is 2.06 bits per heavy atom. The monoisotopic (exact) mass is 259 g/mol. The number of hydrogen-bond donors (Lipinski definition) is 0. The highest BCUT2D eigenvalue weighted by Gasteiger charge is 2.33. The summed E-state index contributed by atoms with van der Waals surface area (Å²) < 4.78 is 43.9. The molecule has 0 fully saturated rings. The van der Waals surface area contributed by atoms with Crippen LogP contribution in [0.5, 0.6) is 0 Å². The van der Waals surface area contributed by atoms with E-state index in [2.05, 4.69) is 11.8 Å². The zero-order chi connectivity index (χ0) is 12.5. The number of rotatable bonds is 3. The van der Waals surface area contributed by atoms with E-state index in [0.717, 1.165) is 6.07 Å². The van der Waals surface area contributed by atoms with Crippen LogP contribution in [0, 0.1) is 7.11 Å². The second-order valence-corrected chi connectivity index (χ2v) is 4.51. The van der Waals surface area contributed by atoms with Gasteiger partial charge in [0.2, 0.25) is 0 Å². The lowest BCUT2D eigenvalue weighted by Crippen LogP contribution is -2.06. The predicted molar refractivity (Wildman–Crippen MR) is 61.8 cm³/mol. The summed E-state index contributed by atoms with van der Waals surface area (Å²) in [5.41, 5.74) is 0.0943. The summed E-state index contributed by atoms with van der Waals surface area (Å²) in [6, 6.07) is 4.25. The molecule has 0 N–H and O–H groups in total. The molecule has 0 bridgehead atoms. The molecule has 0 spiro atoms. The fourth-order valence-corrected chi connectivity index (χ4v) is 2.78. The SMILES string of the molecule is [CH2]OCCc1csc2cccc(C(F)(F)F)c12. The molecule has 1 nitrogen and oxygen atoms in total. The Labute approximate surface area is 101 Å². The van der Waals surface area contributed by atoms with Crippen molar-refractivity contribution in [2.75, 3.05) is 6.61 Å². The van der Waals surface area contributed by atoms with Crippen molar-refractivity contribution >= 4 is 21.4 Å². The van der Waals surface area contributed by atoms with E-state index in [0.29, 0.717) is 28.7 Å². The van der Waals surface area contributed by atoms with Crippen LogP contribution in [0.3, 0.4) is 0 Å². The fraction of sp³-hybridized carbons (Fsp3) is 0.250. The molecule has 1 aromatic heterocycles. The largest absolute Gasteiger partial charge is 0.417 e. The molecule has 0 amide bonds. The fourth-order valence-electron chi connectivity index (χ4n) is 1.76. The molecule has 17 heavy (non-hydrogen) atoms. The van der Waals surface area contributed by atoms with Crippen molar-refractivity contribution in [1.82, 2.24) is 0 Å². The van der Waals surface area contributed by atoms with Gasteiger partial charge >= 0.3 is 6.18 Å². The highest BCUT2D eigenvalue weighted by atomic mass is 32.1. The predicted octanol–water partition coefficient (Wildman–Crippen LogP) is 4.27. The Morgan fingerprint density at radius 3 is 2.71 bits per heavy atom. The van der Waals surface area contributed by atoms with Crippen molar-refractivity contribution in [3.63, 3.8) is 0 Å². The van der Waals surface area contributed by atoms with Crippen LogP contribution in [0.25, 0.3) is 10.1 Å². The molecule has 91 valence electrons. The minimum Gasteiger partial charge on any atom is -0.379 e. The van der Waals surface area contributed by atoms with Crippen molar-refractivity contribution < 1.29 is 17.9 Å². The molecule has 0 aliphatic heterocycles. The van der Waals surface area contributed by atoms with Crippen molar-refractivity contribution in [2.24, 2.45) is 0 Å². The van der Waals surface area contributed by atoms with Crippen molar-refractivity contribution in [2.45, 2.75) is 12.6 Å². The topological polar surface area (TPSA) is 9.23 Å². The van der Waals surface area contributed by atoms with E-state index in [1.165, 1.54) is 17.4 Å². The van der Waals surface area contributed by atoms with Crippen LogP contribution in [0.2, 0.25) is 0 Å². The Bertz CT molecular complexity index is 516. The van der Waals surface area contributed by atoms with Gasteiger partial charge in [-0.3, -0.25) is 0 Å². The molecule has 1 radical (unpaired) electrons. The summed E-state index contributed by atoms with van der Waals surface area (Å²) in [6.07, 6.45) is -3.88. The molecule has 1 heterocycles. The smallest absolute Gasteiger partial charge is 0.379 e. The number of thiophene rings is 1. The van der Waals surface area contributed by atoms with Crippen molar-refractivity contribution in [1.29, 1.82) is 0 Å². The first-order valence-electron chi connectivity index (χ1n) is 4.97. The summed E-state index contributed by atoms with van der Waals surface area (Å²) in [5.74, 6) is 0. The molecule has 2 aromatic rings. The number of ether oxygens (including phenoxy) is 1.